The first kappa shape index (κ1) is 22.6. The zero-order chi connectivity index (χ0) is 23.4. The molecule has 1 fully saturated rings. The summed E-state index contributed by atoms with van der Waals surface area (Å²) in [7, 11) is 0. The Morgan fingerprint density at radius 1 is 1.03 bits per heavy atom. The van der Waals surface area contributed by atoms with Gasteiger partial charge >= 0.3 is 0 Å². The zero-order valence-corrected chi connectivity index (χ0v) is 19.5. The number of furan rings is 1. The van der Waals surface area contributed by atoms with E-state index in [0.29, 0.717) is 15.8 Å². The van der Waals surface area contributed by atoms with Gasteiger partial charge in [-0.25, -0.2) is 0 Å². The summed E-state index contributed by atoms with van der Waals surface area (Å²) >= 11 is 1.28. The third kappa shape index (κ3) is 5.62. The number of amidine groups is 1. The van der Waals surface area contributed by atoms with Gasteiger partial charge in [0.1, 0.15) is 11.5 Å². The first-order chi connectivity index (χ1) is 15.8. The summed E-state index contributed by atoms with van der Waals surface area (Å²) in [5.74, 6) is 0.704. The maximum atomic E-state index is 13.2. The van der Waals surface area contributed by atoms with Crippen LogP contribution < -0.4 is 0 Å². The highest BCUT2D eigenvalue weighted by atomic mass is 32.2. The lowest BCUT2D eigenvalue weighted by Gasteiger charge is -2.18. The van der Waals surface area contributed by atoms with Crippen molar-refractivity contribution in [3.8, 4) is 5.75 Å². The topological polar surface area (TPSA) is 78.4 Å². The maximum absolute atomic E-state index is 13.2. The van der Waals surface area contributed by atoms with Crippen LogP contribution in [0.4, 0.5) is 0 Å². The van der Waals surface area contributed by atoms with Gasteiger partial charge in [-0.3, -0.25) is 9.69 Å². The van der Waals surface area contributed by atoms with E-state index in [9.17, 15) is 9.90 Å². The third-order valence-corrected chi connectivity index (χ3v) is 6.10. The minimum absolute atomic E-state index is 0.0682. The highest BCUT2D eigenvalue weighted by Gasteiger charge is 2.34. The highest BCUT2D eigenvalue weighted by Crippen LogP contribution is 2.34. The third-order valence-electron chi connectivity index (χ3n) is 5.10. The van der Waals surface area contributed by atoms with Gasteiger partial charge in [-0.1, -0.05) is 45.0 Å². The fourth-order valence-corrected chi connectivity index (χ4v) is 4.15. The van der Waals surface area contributed by atoms with Gasteiger partial charge in [-0.05, 0) is 76.3 Å². The molecule has 1 aliphatic heterocycles. The average Bonchev–Trinajstić information content (AvgIpc) is 3.39. The van der Waals surface area contributed by atoms with Crippen LogP contribution in [0.25, 0.3) is 6.08 Å². The summed E-state index contributed by atoms with van der Waals surface area (Å²) in [5, 5.41) is 18.3. The second kappa shape index (κ2) is 9.50. The number of hydrogen-bond donors (Lipinski definition) is 1. The van der Waals surface area contributed by atoms with Gasteiger partial charge in [0.15, 0.2) is 5.17 Å². The molecular formula is C26H25N3O3S. The van der Waals surface area contributed by atoms with Crippen LogP contribution >= 0.6 is 11.8 Å². The predicted molar refractivity (Wildman–Crippen MR) is 133 cm³/mol. The Hall–Kier alpha value is -3.58. The van der Waals surface area contributed by atoms with Crippen LogP contribution in [-0.4, -0.2) is 27.3 Å². The monoisotopic (exact) mass is 459 g/mol. The molecule has 168 valence electrons. The van der Waals surface area contributed by atoms with Crippen LogP contribution in [0.1, 0.15) is 43.2 Å². The fourth-order valence-electron chi connectivity index (χ4n) is 3.22. The van der Waals surface area contributed by atoms with E-state index in [4.69, 9.17) is 4.42 Å². The fraction of sp³-hybridized carbons (Fsp3) is 0.192. The van der Waals surface area contributed by atoms with Crippen LogP contribution in [0.15, 0.2) is 86.5 Å². The molecular weight excluding hydrogens is 434 g/mol. The van der Waals surface area contributed by atoms with Crippen molar-refractivity contribution in [2.24, 2.45) is 10.2 Å². The van der Waals surface area contributed by atoms with Crippen LogP contribution in [0, 0.1) is 0 Å². The largest absolute Gasteiger partial charge is 0.508 e. The van der Waals surface area contributed by atoms with Crippen LogP contribution in [0.3, 0.4) is 0 Å². The molecule has 0 unspecified atom stereocenters. The van der Waals surface area contributed by atoms with Gasteiger partial charge < -0.3 is 9.52 Å². The Labute approximate surface area is 197 Å². The number of phenolic OH excluding ortho intramolecular Hbond substituents is 1. The molecule has 1 N–H and O–H groups in total. The summed E-state index contributed by atoms with van der Waals surface area (Å²) in [6, 6.07) is 18.5. The summed E-state index contributed by atoms with van der Waals surface area (Å²) in [6.45, 7) is 6.78. The quantitative estimate of drug-likeness (QED) is 0.298. The van der Waals surface area contributed by atoms with E-state index in [1.807, 2.05) is 24.3 Å². The molecule has 0 aliphatic carbocycles. The van der Waals surface area contributed by atoms with Gasteiger partial charge in [0.2, 0.25) is 0 Å². The van der Waals surface area contributed by atoms with Crippen molar-refractivity contribution in [2.45, 2.75) is 32.7 Å². The van der Waals surface area contributed by atoms with Gasteiger partial charge in [0, 0.05) is 0 Å². The molecule has 1 aromatic heterocycles. The molecule has 4 rings (SSSR count). The summed E-state index contributed by atoms with van der Waals surface area (Å²) in [5.41, 5.74) is 3.04. The number of benzene rings is 2. The second-order valence-corrected chi connectivity index (χ2v) is 9.68. The number of nitrogens with zero attached hydrogens (tertiary/aromatic N) is 3. The number of thioether (sulfide) groups is 1. The van der Waals surface area contributed by atoms with Crippen molar-refractivity contribution in [3.63, 3.8) is 0 Å². The molecule has 0 bridgehead atoms. The SMILES string of the molecule is CC(C)(C)c1ccc(/C=C2\S/C(=N/N=C\c3ccc(O)cc3)N(Cc3ccco3)C2=O)cc1. The van der Waals surface area contributed by atoms with Crippen molar-refractivity contribution in [3.05, 3.63) is 94.3 Å². The molecule has 3 aromatic rings. The maximum Gasteiger partial charge on any atom is 0.267 e. The summed E-state index contributed by atoms with van der Waals surface area (Å²) < 4.78 is 5.44. The van der Waals surface area contributed by atoms with Crippen LogP contribution in [0.2, 0.25) is 0 Å². The molecule has 0 spiro atoms. The Balaban J connectivity index is 1.59. The standard InChI is InChI=1S/C26H25N3O3S/c1-26(2,3)20-10-6-18(7-11-20)15-23-24(31)29(17-22-5-4-14-32-22)25(33-23)28-27-16-19-8-12-21(30)13-9-19/h4-16,30H,17H2,1-3H3/b23-15-,27-16-,28-25+. The van der Waals surface area contributed by atoms with Crippen LogP contribution in [-0.2, 0) is 16.8 Å². The molecule has 2 heterocycles. The number of carbonyl (C=O) groups is 1. The lowest BCUT2D eigenvalue weighted by molar-refractivity contribution is -0.122. The number of amides is 1. The highest BCUT2D eigenvalue weighted by molar-refractivity contribution is 8.18. The number of phenols is 1. The molecule has 1 amide bonds. The Kier molecular flexibility index (Phi) is 6.51. The van der Waals surface area contributed by atoms with Gasteiger partial charge in [0.25, 0.3) is 5.91 Å². The lowest BCUT2D eigenvalue weighted by atomic mass is 9.87. The van der Waals surface area contributed by atoms with E-state index in [1.165, 1.54) is 17.3 Å². The normalized spacial score (nSPS) is 17.1. The van der Waals surface area contributed by atoms with Crippen molar-refractivity contribution in [1.29, 1.82) is 0 Å². The Morgan fingerprint density at radius 3 is 2.36 bits per heavy atom. The van der Waals surface area contributed by atoms with E-state index in [1.54, 1.807) is 47.7 Å². The van der Waals surface area contributed by atoms with Crippen molar-refractivity contribution in [2.75, 3.05) is 0 Å². The molecule has 0 radical (unpaired) electrons. The number of carbonyl (C=O) groups excluding carboxylic acids is 1. The smallest absolute Gasteiger partial charge is 0.267 e. The van der Waals surface area contributed by atoms with Crippen molar-refractivity contribution < 1.29 is 14.3 Å². The zero-order valence-electron chi connectivity index (χ0n) is 18.7. The molecule has 1 saturated heterocycles. The lowest BCUT2D eigenvalue weighted by Crippen LogP contribution is -2.28. The first-order valence-electron chi connectivity index (χ1n) is 10.5. The Bertz CT molecular complexity index is 1200. The number of rotatable bonds is 5. The second-order valence-electron chi connectivity index (χ2n) is 8.67. The van der Waals surface area contributed by atoms with E-state index < -0.39 is 0 Å². The van der Waals surface area contributed by atoms with Gasteiger partial charge in [0.05, 0.1) is 23.9 Å². The molecule has 7 heteroatoms. The summed E-state index contributed by atoms with van der Waals surface area (Å²) in [6.07, 6.45) is 5.03. The van der Waals surface area contributed by atoms with E-state index in [0.717, 1.165) is 11.1 Å². The summed E-state index contributed by atoms with van der Waals surface area (Å²) in [4.78, 5) is 15.3. The van der Waals surface area contributed by atoms with E-state index in [-0.39, 0.29) is 23.6 Å². The predicted octanol–water partition coefficient (Wildman–Crippen LogP) is 5.79. The minimum Gasteiger partial charge on any atom is -0.508 e. The van der Waals surface area contributed by atoms with E-state index in [2.05, 4.69) is 43.1 Å². The molecule has 0 saturated carbocycles. The first-order valence-corrected chi connectivity index (χ1v) is 11.4. The number of hydrogen-bond acceptors (Lipinski definition) is 6. The molecule has 1 aliphatic rings. The molecule has 0 atom stereocenters. The van der Waals surface area contributed by atoms with Crippen LogP contribution in [0.5, 0.6) is 5.75 Å². The van der Waals surface area contributed by atoms with Gasteiger partial charge in [-0.2, -0.15) is 5.10 Å². The number of aromatic hydroxyl groups is 1. The van der Waals surface area contributed by atoms with Crippen molar-refractivity contribution in [1.82, 2.24) is 4.90 Å². The van der Waals surface area contributed by atoms with Crippen molar-refractivity contribution >= 4 is 35.1 Å². The molecule has 33 heavy (non-hydrogen) atoms. The minimum atomic E-state index is -0.144. The Morgan fingerprint density at radius 2 is 1.73 bits per heavy atom. The van der Waals surface area contributed by atoms with Gasteiger partial charge in [-0.15, -0.1) is 5.10 Å². The van der Waals surface area contributed by atoms with E-state index >= 15 is 0 Å². The average molecular weight is 460 g/mol. The molecule has 6 nitrogen and oxygen atoms in total. The molecule has 2 aromatic carbocycles.